The Kier molecular flexibility index (Phi) is 3.76. The first-order valence-corrected chi connectivity index (χ1v) is 7.58. The number of hydrogen-bond donors (Lipinski definition) is 2. The number of oxazole rings is 1. The van der Waals surface area contributed by atoms with Crippen LogP contribution in [0.4, 0.5) is 5.69 Å². The van der Waals surface area contributed by atoms with Crippen LogP contribution in [0.15, 0.2) is 49.4 Å². The molecule has 0 fully saturated rings. The number of hydrogen-bond acceptors (Lipinski definition) is 4. The average molecular weight is 365 g/mol. The van der Waals surface area contributed by atoms with Crippen LogP contribution in [0.25, 0.3) is 17.2 Å². The normalized spacial score (nSPS) is 11.3. The Morgan fingerprint density at radius 1 is 1.33 bits per heavy atom. The third-order valence-electron chi connectivity index (χ3n) is 2.68. The van der Waals surface area contributed by atoms with Gasteiger partial charge in [0.1, 0.15) is 0 Å². The van der Waals surface area contributed by atoms with Gasteiger partial charge in [-0.25, -0.2) is 4.79 Å². The quantitative estimate of drug-likeness (QED) is 0.697. The summed E-state index contributed by atoms with van der Waals surface area (Å²) < 4.78 is 5.91. The van der Waals surface area contributed by atoms with E-state index in [0.29, 0.717) is 16.8 Å². The Hall–Kier alpha value is -2.12. The molecule has 5 nitrogen and oxygen atoms in total. The van der Waals surface area contributed by atoms with Crippen LogP contribution >= 0.6 is 27.3 Å². The molecule has 0 aliphatic carbocycles. The molecule has 0 unspecified atom stereocenters. The predicted molar refractivity (Wildman–Crippen MR) is 86.5 cm³/mol. The van der Waals surface area contributed by atoms with Crippen LogP contribution in [0.1, 0.15) is 4.88 Å². The summed E-state index contributed by atoms with van der Waals surface area (Å²) in [6.45, 7) is 0. The van der Waals surface area contributed by atoms with Crippen molar-refractivity contribution in [2.24, 2.45) is 0 Å². The first-order chi connectivity index (χ1) is 10.1. The molecule has 2 aromatic heterocycles. The van der Waals surface area contributed by atoms with E-state index in [4.69, 9.17) is 4.42 Å². The number of anilines is 1. The average Bonchev–Trinajstić information content (AvgIpc) is 3.01. The van der Waals surface area contributed by atoms with Gasteiger partial charge in [-0.1, -0.05) is 0 Å². The van der Waals surface area contributed by atoms with Gasteiger partial charge in [-0.3, -0.25) is 9.78 Å². The van der Waals surface area contributed by atoms with Crippen LogP contribution < -0.4 is 11.1 Å². The van der Waals surface area contributed by atoms with Gasteiger partial charge in [-0.05, 0) is 52.3 Å². The maximum Gasteiger partial charge on any atom is 0.417 e. The number of aromatic nitrogens is 1. The second-order valence-electron chi connectivity index (χ2n) is 4.19. The van der Waals surface area contributed by atoms with Crippen molar-refractivity contribution in [2.75, 3.05) is 5.32 Å². The van der Waals surface area contributed by atoms with E-state index >= 15 is 0 Å². The third-order valence-corrected chi connectivity index (χ3v) is 4.27. The fraction of sp³-hybridized carbons (Fsp3) is 0. The first-order valence-electron chi connectivity index (χ1n) is 5.97. The van der Waals surface area contributed by atoms with Crippen LogP contribution in [0.2, 0.25) is 0 Å². The number of thiophene rings is 1. The molecule has 1 amide bonds. The van der Waals surface area contributed by atoms with Gasteiger partial charge in [-0.15, -0.1) is 11.3 Å². The lowest BCUT2D eigenvalue weighted by Gasteiger charge is -2.01. The molecule has 21 heavy (non-hydrogen) atoms. The summed E-state index contributed by atoms with van der Waals surface area (Å²) in [4.78, 5) is 26.4. The predicted octanol–water partition coefficient (Wildman–Crippen LogP) is 3.60. The van der Waals surface area contributed by atoms with E-state index in [0.717, 1.165) is 8.66 Å². The van der Waals surface area contributed by atoms with E-state index in [9.17, 15) is 9.59 Å². The van der Waals surface area contributed by atoms with Gasteiger partial charge in [0.2, 0.25) is 5.91 Å². The van der Waals surface area contributed by atoms with Crippen molar-refractivity contribution in [3.05, 3.63) is 55.6 Å². The van der Waals surface area contributed by atoms with Crippen molar-refractivity contribution in [3.8, 4) is 0 Å². The lowest BCUT2D eigenvalue weighted by molar-refractivity contribution is -0.111. The summed E-state index contributed by atoms with van der Waals surface area (Å²) in [6, 6.07) is 8.79. The minimum absolute atomic E-state index is 0.246. The number of H-pyrrole nitrogens is 1. The molecule has 7 heteroatoms. The lowest BCUT2D eigenvalue weighted by atomic mass is 10.3. The Labute approximate surface area is 131 Å². The highest BCUT2D eigenvalue weighted by Gasteiger charge is 2.04. The van der Waals surface area contributed by atoms with E-state index in [-0.39, 0.29) is 5.91 Å². The highest BCUT2D eigenvalue weighted by molar-refractivity contribution is 9.11. The molecule has 0 atom stereocenters. The van der Waals surface area contributed by atoms with Gasteiger partial charge in [0, 0.05) is 16.6 Å². The van der Waals surface area contributed by atoms with Crippen LogP contribution in [0.3, 0.4) is 0 Å². The molecule has 106 valence electrons. The van der Waals surface area contributed by atoms with Gasteiger partial charge in [0.05, 0.1) is 9.30 Å². The second-order valence-corrected chi connectivity index (χ2v) is 6.68. The highest BCUT2D eigenvalue weighted by atomic mass is 79.9. The number of halogens is 1. The van der Waals surface area contributed by atoms with Gasteiger partial charge >= 0.3 is 5.76 Å². The van der Waals surface area contributed by atoms with Gasteiger partial charge in [-0.2, -0.15) is 0 Å². The number of fused-ring (bicyclic) bond motifs is 1. The summed E-state index contributed by atoms with van der Waals surface area (Å²) in [7, 11) is 0. The number of nitrogens with one attached hydrogen (secondary N) is 2. The first kappa shape index (κ1) is 13.8. The molecule has 1 aromatic carbocycles. The number of aromatic amines is 1. The largest absolute Gasteiger partial charge is 0.417 e. The number of carbonyl (C=O) groups is 1. The van der Waals surface area contributed by atoms with Gasteiger partial charge in [0.25, 0.3) is 0 Å². The van der Waals surface area contributed by atoms with E-state index in [1.165, 1.54) is 17.4 Å². The van der Waals surface area contributed by atoms with Crippen molar-refractivity contribution < 1.29 is 9.21 Å². The summed E-state index contributed by atoms with van der Waals surface area (Å²) in [5, 5.41) is 2.72. The van der Waals surface area contributed by atoms with E-state index in [2.05, 4.69) is 26.2 Å². The second kappa shape index (κ2) is 5.71. The third kappa shape index (κ3) is 3.32. The number of benzene rings is 1. The molecule has 0 aliphatic rings. The van der Waals surface area contributed by atoms with Crippen LogP contribution in [0, 0.1) is 0 Å². The molecule has 0 spiro atoms. The number of rotatable bonds is 3. The molecular weight excluding hydrogens is 356 g/mol. The van der Waals surface area contributed by atoms with Gasteiger partial charge in [0.15, 0.2) is 5.58 Å². The Morgan fingerprint density at radius 2 is 2.19 bits per heavy atom. The molecule has 0 aliphatic heterocycles. The minimum atomic E-state index is -0.517. The smallest absolute Gasteiger partial charge is 0.408 e. The SMILES string of the molecule is O=C(/C=C/c1ccc(Br)s1)Nc1ccc2oc(=O)[nH]c2c1. The maximum atomic E-state index is 11.8. The molecule has 0 radical (unpaired) electrons. The Bertz CT molecular complexity index is 891. The van der Waals surface area contributed by atoms with Crippen molar-refractivity contribution in [1.82, 2.24) is 4.98 Å². The van der Waals surface area contributed by atoms with Crippen molar-refractivity contribution in [1.29, 1.82) is 0 Å². The van der Waals surface area contributed by atoms with E-state index in [1.807, 2.05) is 12.1 Å². The molecule has 3 aromatic rings. The molecule has 2 heterocycles. The van der Waals surface area contributed by atoms with E-state index in [1.54, 1.807) is 24.3 Å². The minimum Gasteiger partial charge on any atom is -0.408 e. The standard InChI is InChI=1S/C14H9BrN2O3S/c15-12-5-2-9(21-12)3-6-13(18)16-8-1-4-11-10(7-8)17-14(19)20-11/h1-7H,(H,16,18)(H,17,19)/b6-3+. The fourth-order valence-corrected chi connectivity index (χ4v) is 3.12. The van der Waals surface area contributed by atoms with Crippen molar-refractivity contribution >= 4 is 56.0 Å². The summed E-state index contributed by atoms with van der Waals surface area (Å²) in [5.41, 5.74) is 1.59. The zero-order valence-electron chi connectivity index (χ0n) is 10.6. The lowest BCUT2D eigenvalue weighted by Crippen LogP contribution is -2.07. The van der Waals surface area contributed by atoms with Crippen LogP contribution in [-0.2, 0) is 4.79 Å². The number of carbonyl (C=O) groups excluding carboxylic acids is 1. The maximum absolute atomic E-state index is 11.8. The van der Waals surface area contributed by atoms with Crippen molar-refractivity contribution in [3.63, 3.8) is 0 Å². The highest BCUT2D eigenvalue weighted by Crippen LogP contribution is 2.23. The molecule has 0 bridgehead atoms. The zero-order valence-corrected chi connectivity index (χ0v) is 13.0. The summed E-state index contributed by atoms with van der Waals surface area (Å²) in [6.07, 6.45) is 3.20. The molecule has 0 saturated carbocycles. The van der Waals surface area contributed by atoms with Crippen LogP contribution in [-0.4, -0.2) is 10.9 Å². The zero-order chi connectivity index (χ0) is 14.8. The van der Waals surface area contributed by atoms with Crippen molar-refractivity contribution in [2.45, 2.75) is 0 Å². The Balaban J connectivity index is 1.73. The summed E-state index contributed by atoms with van der Waals surface area (Å²) >= 11 is 4.90. The van der Waals surface area contributed by atoms with Crippen LogP contribution in [0.5, 0.6) is 0 Å². The topological polar surface area (TPSA) is 75.1 Å². The van der Waals surface area contributed by atoms with E-state index < -0.39 is 5.76 Å². The Morgan fingerprint density at radius 3 is 2.95 bits per heavy atom. The number of amides is 1. The van der Waals surface area contributed by atoms with Gasteiger partial charge < -0.3 is 9.73 Å². The molecular formula is C14H9BrN2O3S. The fourth-order valence-electron chi connectivity index (χ4n) is 1.79. The molecule has 2 N–H and O–H groups in total. The monoisotopic (exact) mass is 364 g/mol. The molecule has 3 rings (SSSR count). The summed E-state index contributed by atoms with van der Waals surface area (Å²) in [5.74, 6) is -0.763. The molecule has 0 saturated heterocycles.